The summed E-state index contributed by atoms with van der Waals surface area (Å²) in [6.07, 6.45) is 2.81. The molecule has 0 bridgehead atoms. The van der Waals surface area contributed by atoms with E-state index in [0.29, 0.717) is 12.0 Å². The van der Waals surface area contributed by atoms with Crippen LogP contribution in [0.15, 0.2) is 18.2 Å². The summed E-state index contributed by atoms with van der Waals surface area (Å²) in [5.41, 5.74) is 6.50. The molecule has 0 saturated heterocycles. The summed E-state index contributed by atoms with van der Waals surface area (Å²) in [7, 11) is 0. The summed E-state index contributed by atoms with van der Waals surface area (Å²) in [5, 5.41) is 0. The Labute approximate surface area is 81.9 Å². The smallest absolute Gasteiger partial charge is 0.159 e. The molecule has 1 aliphatic carbocycles. The van der Waals surface area contributed by atoms with Crippen LogP contribution in [-0.2, 0) is 6.42 Å². The third kappa shape index (κ3) is 1.93. The zero-order valence-electron chi connectivity index (χ0n) is 7.84. The summed E-state index contributed by atoms with van der Waals surface area (Å²) in [6, 6.07) is 4.41. The van der Waals surface area contributed by atoms with Crippen molar-refractivity contribution in [1.82, 2.24) is 0 Å². The predicted octanol–water partition coefficient (Wildman–Crippen LogP) is 2.24. The topological polar surface area (TPSA) is 26.0 Å². The van der Waals surface area contributed by atoms with Crippen molar-refractivity contribution in [3.05, 3.63) is 35.4 Å². The van der Waals surface area contributed by atoms with Crippen molar-refractivity contribution < 1.29 is 8.78 Å². The van der Waals surface area contributed by atoms with Crippen LogP contribution < -0.4 is 5.73 Å². The molecule has 0 spiro atoms. The lowest BCUT2D eigenvalue weighted by Crippen LogP contribution is -2.37. The molecule has 0 radical (unpaired) electrons. The Morgan fingerprint density at radius 2 is 1.93 bits per heavy atom. The van der Waals surface area contributed by atoms with Crippen LogP contribution in [0.4, 0.5) is 8.78 Å². The minimum Gasteiger partial charge on any atom is -0.328 e. The van der Waals surface area contributed by atoms with E-state index in [-0.39, 0.29) is 0 Å². The van der Waals surface area contributed by atoms with Gasteiger partial charge in [-0.3, -0.25) is 0 Å². The van der Waals surface area contributed by atoms with Crippen molar-refractivity contribution in [2.45, 2.75) is 25.3 Å². The molecule has 1 aromatic rings. The van der Waals surface area contributed by atoms with E-state index in [9.17, 15) is 8.78 Å². The van der Waals surface area contributed by atoms with E-state index >= 15 is 0 Å². The molecule has 76 valence electrons. The molecule has 2 N–H and O–H groups in total. The van der Waals surface area contributed by atoms with Gasteiger partial charge in [-0.1, -0.05) is 6.07 Å². The Bertz CT molecular complexity index is 332. The summed E-state index contributed by atoms with van der Waals surface area (Å²) >= 11 is 0. The van der Waals surface area contributed by atoms with Gasteiger partial charge >= 0.3 is 0 Å². The van der Waals surface area contributed by atoms with Gasteiger partial charge in [-0.2, -0.15) is 0 Å². The summed E-state index contributed by atoms with van der Waals surface area (Å²) in [6.45, 7) is 0. The molecule has 1 fully saturated rings. The zero-order chi connectivity index (χ0) is 10.1. The number of hydrogen-bond donors (Lipinski definition) is 1. The Morgan fingerprint density at radius 1 is 1.21 bits per heavy atom. The fourth-order valence-corrected chi connectivity index (χ4v) is 1.95. The normalized spacial score (nSPS) is 25.9. The van der Waals surface area contributed by atoms with Crippen molar-refractivity contribution in [2.24, 2.45) is 11.7 Å². The maximum Gasteiger partial charge on any atom is 0.159 e. The van der Waals surface area contributed by atoms with Gasteiger partial charge in [0.2, 0.25) is 0 Å². The lowest BCUT2D eigenvalue weighted by atomic mass is 9.77. The molecule has 0 atom stereocenters. The van der Waals surface area contributed by atoms with Crippen LogP contribution in [0, 0.1) is 17.6 Å². The summed E-state index contributed by atoms with van der Waals surface area (Å²) in [5.74, 6) is -0.986. The minimum absolute atomic E-state index is 0.310. The monoisotopic (exact) mass is 197 g/mol. The molecule has 0 amide bonds. The Kier molecular flexibility index (Phi) is 2.50. The molecule has 0 aliphatic heterocycles. The molecule has 0 aromatic heterocycles. The number of halogens is 2. The molecule has 0 unspecified atom stereocenters. The van der Waals surface area contributed by atoms with Gasteiger partial charge in [0.05, 0.1) is 0 Å². The fraction of sp³-hybridized carbons (Fsp3) is 0.455. The van der Waals surface area contributed by atoms with E-state index < -0.39 is 11.6 Å². The highest BCUT2D eigenvalue weighted by atomic mass is 19.2. The van der Waals surface area contributed by atoms with Crippen molar-refractivity contribution in [1.29, 1.82) is 0 Å². The largest absolute Gasteiger partial charge is 0.328 e. The Morgan fingerprint density at radius 3 is 2.50 bits per heavy atom. The van der Waals surface area contributed by atoms with Gasteiger partial charge in [0.15, 0.2) is 11.6 Å². The molecule has 14 heavy (non-hydrogen) atoms. The molecule has 2 rings (SSSR count). The second-order valence-corrected chi connectivity index (χ2v) is 4.05. The highest BCUT2D eigenvalue weighted by Gasteiger charge is 2.25. The minimum atomic E-state index is -0.779. The van der Waals surface area contributed by atoms with Gasteiger partial charge in [-0.05, 0) is 42.9 Å². The van der Waals surface area contributed by atoms with E-state index in [1.807, 2.05) is 0 Å². The maximum atomic E-state index is 12.8. The van der Waals surface area contributed by atoms with Gasteiger partial charge in [-0.25, -0.2) is 8.78 Å². The first kappa shape index (κ1) is 9.59. The molecule has 1 nitrogen and oxygen atoms in total. The fourth-order valence-electron chi connectivity index (χ4n) is 1.95. The van der Waals surface area contributed by atoms with Crippen molar-refractivity contribution in [3.8, 4) is 0 Å². The quantitative estimate of drug-likeness (QED) is 0.773. The number of rotatable bonds is 2. The van der Waals surface area contributed by atoms with Crippen LogP contribution in [0.1, 0.15) is 18.4 Å². The average Bonchev–Trinajstić information content (AvgIpc) is 2.09. The van der Waals surface area contributed by atoms with Gasteiger partial charge in [0.1, 0.15) is 0 Å². The number of benzene rings is 1. The van der Waals surface area contributed by atoms with Crippen LogP contribution >= 0.6 is 0 Å². The first-order valence-electron chi connectivity index (χ1n) is 4.84. The van der Waals surface area contributed by atoms with E-state index in [2.05, 4.69) is 0 Å². The highest BCUT2D eigenvalue weighted by Crippen LogP contribution is 2.29. The highest BCUT2D eigenvalue weighted by molar-refractivity contribution is 5.18. The first-order chi connectivity index (χ1) is 6.65. The predicted molar refractivity (Wildman–Crippen MR) is 50.8 cm³/mol. The Balaban J connectivity index is 2.00. The lowest BCUT2D eigenvalue weighted by Gasteiger charge is -2.32. The average molecular weight is 197 g/mol. The van der Waals surface area contributed by atoms with E-state index in [1.165, 1.54) is 12.1 Å². The summed E-state index contributed by atoms with van der Waals surface area (Å²) in [4.78, 5) is 0. The standard InChI is InChI=1S/C11H13F2N/c12-10-2-1-7(6-11(10)13)3-8-4-9(14)5-8/h1-2,6,8-9H,3-5,14H2. The SMILES string of the molecule is NC1CC(Cc2ccc(F)c(F)c2)C1. The second kappa shape index (κ2) is 3.65. The van der Waals surface area contributed by atoms with Crippen molar-refractivity contribution in [2.75, 3.05) is 0 Å². The van der Waals surface area contributed by atoms with Crippen molar-refractivity contribution >= 4 is 0 Å². The zero-order valence-corrected chi connectivity index (χ0v) is 7.84. The van der Waals surface area contributed by atoms with Crippen LogP contribution in [0.5, 0.6) is 0 Å². The first-order valence-corrected chi connectivity index (χ1v) is 4.84. The van der Waals surface area contributed by atoms with Gasteiger partial charge < -0.3 is 5.73 Å². The van der Waals surface area contributed by atoms with Gasteiger partial charge in [-0.15, -0.1) is 0 Å². The molecular weight excluding hydrogens is 184 g/mol. The van der Waals surface area contributed by atoms with E-state index in [1.54, 1.807) is 6.07 Å². The van der Waals surface area contributed by atoms with Gasteiger partial charge in [0, 0.05) is 6.04 Å². The number of nitrogens with two attached hydrogens (primary N) is 1. The third-order valence-electron chi connectivity index (χ3n) is 2.78. The van der Waals surface area contributed by atoms with Crippen LogP contribution in [0.3, 0.4) is 0 Å². The summed E-state index contributed by atoms with van der Waals surface area (Å²) < 4.78 is 25.4. The van der Waals surface area contributed by atoms with Crippen LogP contribution in [-0.4, -0.2) is 6.04 Å². The third-order valence-corrected chi connectivity index (χ3v) is 2.78. The van der Waals surface area contributed by atoms with Crippen LogP contribution in [0.2, 0.25) is 0 Å². The number of hydrogen-bond acceptors (Lipinski definition) is 1. The molecule has 0 heterocycles. The van der Waals surface area contributed by atoms with E-state index in [0.717, 1.165) is 24.8 Å². The van der Waals surface area contributed by atoms with E-state index in [4.69, 9.17) is 5.73 Å². The molecular formula is C11H13F2N. The maximum absolute atomic E-state index is 12.8. The molecule has 1 aliphatic rings. The molecule has 1 saturated carbocycles. The Hall–Kier alpha value is -0.960. The van der Waals surface area contributed by atoms with Crippen LogP contribution in [0.25, 0.3) is 0 Å². The van der Waals surface area contributed by atoms with Gasteiger partial charge in [0.25, 0.3) is 0 Å². The molecule has 1 aromatic carbocycles. The lowest BCUT2D eigenvalue weighted by molar-refractivity contribution is 0.264. The second-order valence-electron chi connectivity index (χ2n) is 4.05. The molecule has 3 heteroatoms. The van der Waals surface area contributed by atoms with Crippen molar-refractivity contribution in [3.63, 3.8) is 0 Å².